The molecule has 0 aromatic carbocycles. The molecule has 0 saturated carbocycles. The third-order valence-electron chi connectivity index (χ3n) is 3.35. The van der Waals surface area contributed by atoms with Crippen LogP contribution in [0.1, 0.15) is 42.2 Å². The van der Waals surface area contributed by atoms with Crippen molar-refractivity contribution in [2.24, 2.45) is 0 Å². The van der Waals surface area contributed by atoms with Crippen LogP contribution >= 0.6 is 0 Å². The first-order chi connectivity index (χ1) is 9.99. The number of hydrogen-bond acceptors (Lipinski definition) is 5. The number of carbonyl (C=O) groups excluding carboxylic acids is 1. The van der Waals surface area contributed by atoms with Gasteiger partial charge in [0.15, 0.2) is 0 Å². The SMILES string of the molecule is CC(C)c1ncncc1C(=O)N1CCOC(CC(=O)O)C1. The predicted octanol–water partition coefficient (Wildman–Crippen LogP) is 0.916. The largest absolute Gasteiger partial charge is 0.481 e. The highest BCUT2D eigenvalue weighted by Gasteiger charge is 2.28. The molecule has 114 valence electrons. The van der Waals surface area contributed by atoms with Crippen LogP contribution in [0, 0.1) is 0 Å². The highest BCUT2D eigenvalue weighted by Crippen LogP contribution is 2.19. The van der Waals surface area contributed by atoms with Gasteiger partial charge in [0.1, 0.15) is 6.33 Å². The van der Waals surface area contributed by atoms with Crippen LogP contribution in [0.5, 0.6) is 0 Å². The second-order valence-corrected chi connectivity index (χ2v) is 5.32. The molecule has 1 aliphatic rings. The van der Waals surface area contributed by atoms with Crippen molar-refractivity contribution in [1.82, 2.24) is 14.9 Å². The van der Waals surface area contributed by atoms with Crippen LogP contribution in [0.25, 0.3) is 0 Å². The van der Waals surface area contributed by atoms with E-state index in [9.17, 15) is 9.59 Å². The quantitative estimate of drug-likeness (QED) is 0.887. The minimum absolute atomic E-state index is 0.105. The van der Waals surface area contributed by atoms with E-state index in [0.29, 0.717) is 24.4 Å². The summed E-state index contributed by atoms with van der Waals surface area (Å²) in [4.78, 5) is 33.1. The molecule has 1 saturated heterocycles. The lowest BCUT2D eigenvalue weighted by Gasteiger charge is -2.32. The molecular weight excluding hydrogens is 274 g/mol. The number of hydrogen-bond donors (Lipinski definition) is 1. The summed E-state index contributed by atoms with van der Waals surface area (Å²) in [6.45, 7) is 4.99. The zero-order valence-corrected chi connectivity index (χ0v) is 12.2. The monoisotopic (exact) mass is 293 g/mol. The van der Waals surface area contributed by atoms with Crippen molar-refractivity contribution >= 4 is 11.9 Å². The van der Waals surface area contributed by atoms with E-state index in [1.807, 2.05) is 13.8 Å². The minimum atomic E-state index is -0.930. The van der Waals surface area contributed by atoms with E-state index in [1.54, 1.807) is 4.90 Å². The first-order valence-electron chi connectivity index (χ1n) is 6.91. The topological polar surface area (TPSA) is 92.6 Å². The summed E-state index contributed by atoms with van der Waals surface area (Å²) in [5.41, 5.74) is 1.18. The van der Waals surface area contributed by atoms with Crippen molar-refractivity contribution in [2.75, 3.05) is 19.7 Å². The lowest BCUT2D eigenvalue weighted by molar-refractivity contribution is -0.141. The number of carboxylic acids is 1. The molecule has 7 heteroatoms. The van der Waals surface area contributed by atoms with Crippen LogP contribution in [-0.4, -0.2) is 57.7 Å². The summed E-state index contributed by atoms with van der Waals surface area (Å²) in [5.74, 6) is -0.985. The molecule has 1 aromatic rings. The van der Waals surface area contributed by atoms with Gasteiger partial charge in [-0.1, -0.05) is 13.8 Å². The number of carboxylic acid groups (broad SMARTS) is 1. The predicted molar refractivity (Wildman–Crippen MR) is 74.0 cm³/mol. The van der Waals surface area contributed by atoms with Gasteiger partial charge in [0.25, 0.3) is 5.91 Å². The van der Waals surface area contributed by atoms with Crippen molar-refractivity contribution in [2.45, 2.75) is 32.3 Å². The minimum Gasteiger partial charge on any atom is -0.481 e. The molecule has 0 aliphatic carbocycles. The molecule has 2 rings (SSSR count). The third kappa shape index (κ3) is 3.75. The van der Waals surface area contributed by atoms with E-state index < -0.39 is 12.1 Å². The molecule has 0 spiro atoms. The number of morpholine rings is 1. The zero-order chi connectivity index (χ0) is 15.4. The Bertz CT molecular complexity index is 533. The number of amides is 1. The van der Waals surface area contributed by atoms with Gasteiger partial charge < -0.3 is 14.7 Å². The molecule has 1 N–H and O–H groups in total. The van der Waals surface area contributed by atoms with Gasteiger partial charge in [-0.05, 0) is 5.92 Å². The standard InChI is InChI=1S/C14H19N3O4/c1-9(2)13-11(6-15-8-16-13)14(20)17-3-4-21-10(7-17)5-12(18)19/h6,8-10H,3-5,7H2,1-2H3,(H,18,19). The van der Waals surface area contributed by atoms with Crippen molar-refractivity contribution in [3.63, 3.8) is 0 Å². The fraction of sp³-hybridized carbons (Fsp3) is 0.571. The molecular formula is C14H19N3O4. The molecule has 1 aliphatic heterocycles. The number of aromatic nitrogens is 2. The molecule has 21 heavy (non-hydrogen) atoms. The first-order valence-corrected chi connectivity index (χ1v) is 6.91. The van der Waals surface area contributed by atoms with E-state index >= 15 is 0 Å². The molecule has 1 fully saturated rings. The maximum atomic E-state index is 12.6. The Morgan fingerprint density at radius 1 is 1.52 bits per heavy atom. The number of carbonyl (C=O) groups is 2. The van der Waals surface area contributed by atoms with E-state index in [4.69, 9.17) is 9.84 Å². The van der Waals surface area contributed by atoms with Gasteiger partial charge in [0.05, 0.1) is 30.4 Å². The van der Waals surface area contributed by atoms with Crippen LogP contribution in [0.4, 0.5) is 0 Å². The molecule has 7 nitrogen and oxygen atoms in total. The van der Waals surface area contributed by atoms with Gasteiger partial charge in [0.2, 0.25) is 0 Å². The Hall–Kier alpha value is -2.02. The average Bonchev–Trinajstić information content (AvgIpc) is 2.46. The molecule has 1 atom stereocenters. The van der Waals surface area contributed by atoms with Crippen molar-refractivity contribution in [3.05, 3.63) is 23.8 Å². The molecule has 2 heterocycles. The highest BCUT2D eigenvalue weighted by atomic mass is 16.5. The fourth-order valence-corrected chi connectivity index (χ4v) is 2.36. The van der Waals surface area contributed by atoms with Gasteiger partial charge in [0, 0.05) is 19.3 Å². The van der Waals surface area contributed by atoms with Crippen LogP contribution < -0.4 is 0 Å². The number of rotatable bonds is 4. The summed E-state index contributed by atoms with van der Waals surface area (Å²) in [6.07, 6.45) is 2.38. The number of aliphatic carboxylic acids is 1. The molecule has 1 unspecified atom stereocenters. The van der Waals surface area contributed by atoms with Gasteiger partial charge >= 0.3 is 5.97 Å². The van der Waals surface area contributed by atoms with Gasteiger partial charge in [-0.2, -0.15) is 0 Å². The number of nitrogens with zero attached hydrogens (tertiary/aromatic N) is 3. The van der Waals surface area contributed by atoms with Gasteiger partial charge in [-0.25, -0.2) is 9.97 Å². The van der Waals surface area contributed by atoms with Gasteiger partial charge in [-0.3, -0.25) is 9.59 Å². The summed E-state index contributed by atoms with van der Waals surface area (Å²) in [7, 11) is 0. The molecule has 1 amide bonds. The maximum Gasteiger partial charge on any atom is 0.306 e. The smallest absolute Gasteiger partial charge is 0.306 e. The van der Waals surface area contributed by atoms with E-state index in [0.717, 1.165) is 0 Å². The molecule has 1 aromatic heterocycles. The van der Waals surface area contributed by atoms with Crippen molar-refractivity contribution < 1.29 is 19.4 Å². The summed E-state index contributed by atoms with van der Waals surface area (Å²) in [6, 6.07) is 0. The van der Waals surface area contributed by atoms with E-state index in [2.05, 4.69) is 9.97 Å². The fourth-order valence-electron chi connectivity index (χ4n) is 2.36. The van der Waals surface area contributed by atoms with Crippen molar-refractivity contribution in [3.8, 4) is 0 Å². The van der Waals surface area contributed by atoms with Gasteiger partial charge in [-0.15, -0.1) is 0 Å². The van der Waals surface area contributed by atoms with Crippen LogP contribution in [0.15, 0.2) is 12.5 Å². The Kier molecular flexibility index (Phi) is 4.85. The van der Waals surface area contributed by atoms with Crippen LogP contribution in [0.2, 0.25) is 0 Å². The van der Waals surface area contributed by atoms with Crippen LogP contribution in [0.3, 0.4) is 0 Å². The normalized spacial score (nSPS) is 18.8. The Balaban J connectivity index is 2.14. The number of ether oxygens (including phenoxy) is 1. The average molecular weight is 293 g/mol. The Morgan fingerprint density at radius 3 is 2.95 bits per heavy atom. The maximum absolute atomic E-state index is 12.6. The summed E-state index contributed by atoms with van der Waals surface area (Å²) in [5, 5.41) is 8.82. The highest BCUT2D eigenvalue weighted by molar-refractivity contribution is 5.95. The second kappa shape index (κ2) is 6.62. The Morgan fingerprint density at radius 2 is 2.29 bits per heavy atom. The third-order valence-corrected chi connectivity index (χ3v) is 3.35. The summed E-state index contributed by atoms with van der Waals surface area (Å²) < 4.78 is 5.38. The lowest BCUT2D eigenvalue weighted by atomic mass is 10.0. The Labute approximate surface area is 123 Å². The zero-order valence-electron chi connectivity index (χ0n) is 12.2. The lowest BCUT2D eigenvalue weighted by Crippen LogP contribution is -2.46. The molecule has 0 bridgehead atoms. The van der Waals surface area contributed by atoms with E-state index in [-0.39, 0.29) is 24.8 Å². The molecule has 0 radical (unpaired) electrons. The van der Waals surface area contributed by atoms with Crippen LogP contribution in [-0.2, 0) is 9.53 Å². The first kappa shape index (κ1) is 15.4. The van der Waals surface area contributed by atoms with Crippen molar-refractivity contribution in [1.29, 1.82) is 0 Å². The van der Waals surface area contributed by atoms with E-state index in [1.165, 1.54) is 12.5 Å². The summed E-state index contributed by atoms with van der Waals surface area (Å²) >= 11 is 0. The second-order valence-electron chi connectivity index (χ2n) is 5.32.